The minimum absolute atomic E-state index is 1.26. The van der Waals surface area contributed by atoms with Crippen LogP contribution in [0.4, 0.5) is 0 Å². The average Bonchev–Trinajstić information content (AvgIpc) is 4.05. The molecule has 1 aliphatic rings. The van der Waals surface area contributed by atoms with E-state index in [0.717, 1.165) is 0 Å². The van der Waals surface area contributed by atoms with Gasteiger partial charge in [0.15, 0.2) is 0 Å². The molecule has 0 radical (unpaired) electrons. The molecule has 0 atom stereocenters. The summed E-state index contributed by atoms with van der Waals surface area (Å²) in [5.41, 5.74) is 18.6. The largest absolute Gasteiger partial charge is 0.0622 e. The average molecular weight is 909 g/mol. The predicted molar refractivity (Wildman–Crippen MR) is 312 cm³/mol. The third kappa shape index (κ3) is 4.61. The van der Waals surface area contributed by atoms with Crippen molar-refractivity contribution in [1.82, 2.24) is 0 Å². The van der Waals surface area contributed by atoms with E-state index >= 15 is 0 Å². The van der Waals surface area contributed by atoms with Crippen molar-refractivity contribution < 1.29 is 0 Å². The van der Waals surface area contributed by atoms with Crippen molar-refractivity contribution in [3.05, 3.63) is 216 Å². The molecule has 0 saturated carbocycles. The van der Waals surface area contributed by atoms with Gasteiger partial charge in [-0.3, -0.25) is 0 Å². The third-order valence-corrected chi connectivity index (χ3v) is 17.5. The van der Waals surface area contributed by atoms with Crippen molar-refractivity contribution in [2.24, 2.45) is 0 Å². The van der Waals surface area contributed by atoms with Crippen LogP contribution < -0.4 is 0 Å². The Hall–Kier alpha value is -8.84. The van der Waals surface area contributed by atoms with Crippen molar-refractivity contribution in [2.45, 2.75) is 27.7 Å². The van der Waals surface area contributed by atoms with E-state index in [1.54, 1.807) is 0 Å². The Bertz CT molecular complexity index is 4890. The van der Waals surface area contributed by atoms with Gasteiger partial charge in [-0.2, -0.15) is 0 Å². The lowest BCUT2D eigenvalue weighted by molar-refractivity contribution is 1.38. The number of rotatable bonds is 3. The second-order valence-electron chi connectivity index (χ2n) is 21.1. The first-order chi connectivity index (χ1) is 35.4. The maximum atomic E-state index is 2.50. The maximum absolute atomic E-state index is 2.50. The molecule has 0 unspecified atom stereocenters. The van der Waals surface area contributed by atoms with Crippen LogP contribution in [0.2, 0.25) is 0 Å². The molecule has 0 saturated heterocycles. The Morgan fingerprint density at radius 3 is 1.15 bits per heavy atom. The van der Waals surface area contributed by atoms with Crippen LogP contribution in [-0.4, -0.2) is 0 Å². The molecule has 0 spiro atoms. The number of hydrogen-bond acceptors (Lipinski definition) is 0. The Labute approximate surface area is 416 Å². The first-order valence-corrected chi connectivity index (χ1v) is 25.6. The Morgan fingerprint density at radius 2 is 0.569 bits per heavy atom. The fourth-order valence-electron chi connectivity index (χ4n) is 14.8. The molecule has 0 N–H and O–H groups in total. The highest BCUT2D eigenvalue weighted by Gasteiger charge is 2.35. The van der Waals surface area contributed by atoms with E-state index in [-0.39, 0.29) is 0 Å². The Balaban J connectivity index is 1.06. The highest BCUT2D eigenvalue weighted by molar-refractivity contribution is 6.51. The van der Waals surface area contributed by atoms with E-state index in [1.165, 1.54) is 196 Å². The summed E-state index contributed by atoms with van der Waals surface area (Å²) in [6.45, 7) is 9.22. The highest BCUT2D eigenvalue weighted by atomic mass is 14.4. The number of hydrogen-bond donors (Lipinski definition) is 0. The summed E-state index contributed by atoms with van der Waals surface area (Å²) >= 11 is 0. The standard InChI is InChI=1S/C72H44/c1-37-15-12-16-38(2)58(37)71-56-35-42-21-8-9-22-43(42)36-57(56)72(59-39(3)17-13-18-40(59)4)70-55-34-30-50-48-28-32-53-64-52(31-27-47(61(48)64)49-29-33-54(69(70)71)65(55)62(49)50)67-60(41-19-6-5-7-20-41)51-26-14-25-45-44-23-10-11-24-46(44)66(63(45)51)68(53)67/h5-36H,1-4H3. The molecule has 0 heteroatoms. The molecule has 332 valence electrons. The summed E-state index contributed by atoms with van der Waals surface area (Å²) in [5, 5.41) is 29.5. The van der Waals surface area contributed by atoms with Crippen LogP contribution in [0.5, 0.6) is 0 Å². The molecule has 17 rings (SSSR count). The van der Waals surface area contributed by atoms with Gasteiger partial charge in [0.2, 0.25) is 0 Å². The molecule has 0 aromatic heterocycles. The SMILES string of the molecule is Cc1cccc(C)c1-c1c2c(c(-c3c(C)cccc3C)c3cc4ccccc4cc13)-c1ccc3c4ccc5c6c(ccc(c7ccc-2c1c73)c46)c1c(-c2ccccc2)c2cccc3c4ccccc4c(c23)c51. The zero-order valence-electron chi connectivity index (χ0n) is 40.5. The van der Waals surface area contributed by atoms with Gasteiger partial charge in [-0.05, 0) is 236 Å². The second kappa shape index (κ2) is 13.5. The van der Waals surface area contributed by atoms with E-state index in [2.05, 4.69) is 222 Å². The summed E-state index contributed by atoms with van der Waals surface area (Å²) < 4.78 is 0. The van der Waals surface area contributed by atoms with E-state index < -0.39 is 0 Å². The van der Waals surface area contributed by atoms with Crippen molar-refractivity contribution in [1.29, 1.82) is 0 Å². The maximum Gasteiger partial charge on any atom is -0.000696 e. The summed E-state index contributed by atoms with van der Waals surface area (Å²) in [7, 11) is 0. The lowest BCUT2D eigenvalue weighted by Gasteiger charge is -2.24. The van der Waals surface area contributed by atoms with Crippen LogP contribution in [0.15, 0.2) is 194 Å². The first kappa shape index (κ1) is 38.9. The molecular formula is C72H44. The first-order valence-electron chi connectivity index (χ1n) is 25.6. The normalized spacial score (nSPS) is 12.7. The molecule has 72 heavy (non-hydrogen) atoms. The number of aryl methyl sites for hydroxylation is 4. The van der Waals surface area contributed by atoms with Crippen LogP contribution in [-0.2, 0) is 0 Å². The van der Waals surface area contributed by atoms with Crippen molar-refractivity contribution in [3.8, 4) is 55.6 Å². The van der Waals surface area contributed by atoms with E-state index in [4.69, 9.17) is 0 Å². The molecule has 0 nitrogen and oxygen atoms in total. The summed E-state index contributed by atoms with van der Waals surface area (Å²) in [6, 6.07) is 74.7. The van der Waals surface area contributed by atoms with Crippen molar-refractivity contribution in [3.63, 3.8) is 0 Å². The molecule has 16 aromatic rings. The zero-order chi connectivity index (χ0) is 47.4. The van der Waals surface area contributed by atoms with Crippen LogP contribution in [0, 0.1) is 27.7 Å². The zero-order valence-corrected chi connectivity index (χ0v) is 40.5. The summed E-state index contributed by atoms with van der Waals surface area (Å²) in [5.74, 6) is 0. The predicted octanol–water partition coefficient (Wildman–Crippen LogP) is 20.6. The minimum Gasteiger partial charge on any atom is -0.0622 e. The lowest BCUT2D eigenvalue weighted by Crippen LogP contribution is -1.98. The smallest absolute Gasteiger partial charge is 0.000696 e. The van der Waals surface area contributed by atoms with Gasteiger partial charge in [0.05, 0.1) is 0 Å². The van der Waals surface area contributed by atoms with E-state index in [1.807, 2.05) is 0 Å². The Morgan fingerprint density at radius 1 is 0.194 bits per heavy atom. The highest BCUT2D eigenvalue weighted by Crippen LogP contribution is 2.62. The van der Waals surface area contributed by atoms with E-state index in [9.17, 15) is 0 Å². The fourth-order valence-corrected chi connectivity index (χ4v) is 14.8. The molecule has 16 aromatic carbocycles. The van der Waals surface area contributed by atoms with Gasteiger partial charge < -0.3 is 0 Å². The minimum atomic E-state index is 1.26. The van der Waals surface area contributed by atoms with Gasteiger partial charge in [0.25, 0.3) is 0 Å². The topological polar surface area (TPSA) is 0 Å². The van der Waals surface area contributed by atoms with E-state index in [0.29, 0.717) is 0 Å². The monoisotopic (exact) mass is 908 g/mol. The molecule has 0 heterocycles. The van der Waals surface area contributed by atoms with Crippen molar-refractivity contribution in [2.75, 3.05) is 0 Å². The molecule has 0 fully saturated rings. The van der Waals surface area contributed by atoms with Crippen LogP contribution in [0.3, 0.4) is 0 Å². The lowest BCUT2D eigenvalue weighted by atomic mass is 9.78. The Kier molecular flexibility index (Phi) is 7.31. The third-order valence-electron chi connectivity index (χ3n) is 17.5. The van der Waals surface area contributed by atoms with Gasteiger partial charge in [-0.1, -0.05) is 182 Å². The fraction of sp³-hybridized carbons (Fsp3) is 0.0556. The summed E-state index contributed by atoms with van der Waals surface area (Å²) in [6.07, 6.45) is 0. The van der Waals surface area contributed by atoms with Gasteiger partial charge in [-0.15, -0.1) is 0 Å². The molecule has 1 aliphatic carbocycles. The molecule has 0 amide bonds. The van der Waals surface area contributed by atoms with Crippen LogP contribution in [0.1, 0.15) is 22.3 Å². The number of benzene rings is 14. The van der Waals surface area contributed by atoms with Crippen LogP contribution >= 0.6 is 0 Å². The summed E-state index contributed by atoms with van der Waals surface area (Å²) in [4.78, 5) is 0. The molecule has 0 aliphatic heterocycles. The second-order valence-corrected chi connectivity index (χ2v) is 21.1. The van der Waals surface area contributed by atoms with Crippen LogP contribution in [0.25, 0.3) is 174 Å². The number of fused-ring (bicyclic) bond motifs is 14. The van der Waals surface area contributed by atoms with Gasteiger partial charge in [-0.25, -0.2) is 0 Å². The van der Waals surface area contributed by atoms with Gasteiger partial charge >= 0.3 is 0 Å². The van der Waals surface area contributed by atoms with Gasteiger partial charge in [0.1, 0.15) is 0 Å². The van der Waals surface area contributed by atoms with Crippen molar-refractivity contribution >= 4 is 118 Å². The molecule has 0 bridgehead atoms. The quantitative estimate of drug-likeness (QED) is 0.122. The van der Waals surface area contributed by atoms with Gasteiger partial charge in [0, 0.05) is 0 Å². The molecular weight excluding hydrogens is 865 g/mol.